The zero-order valence-corrected chi connectivity index (χ0v) is 38.2. The highest BCUT2D eigenvalue weighted by atomic mass is 35.5. The van der Waals surface area contributed by atoms with Gasteiger partial charge in [-0.2, -0.15) is 4.98 Å². The normalized spacial score (nSPS) is 21.7. The van der Waals surface area contributed by atoms with Crippen LogP contribution in [0.5, 0.6) is 5.75 Å². The second-order valence-electron chi connectivity index (χ2n) is 18.0. The first kappa shape index (κ1) is 45.2. The number of nitrogens with zero attached hydrogens (tertiary/aromatic N) is 7. The van der Waals surface area contributed by atoms with Crippen LogP contribution in [0.3, 0.4) is 0 Å². The van der Waals surface area contributed by atoms with Crippen LogP contribution in [0.25, 0.3) is 10.9 Å². The Morgan fingerprint density at radius 3 is 2.36 bits per heavy atom. The quantitative estimate of drug-likeness (QED) is 0.164. The number of piperazine rings is 1. The lowest BCUT2D eigenvalue weighted by Crippen LogP contribution is -2.56. The summed E-state index contributed by atoms with van der Waals surface area (Å²) in [6.45, 7) is 11.0. The number of carbonyl (C=O) groups excluding carboxylic acids is 5. The van der Waals surface area contributed by atoms with Crippen molar-refractivity contribution in [3.05, 3.63) is 74.4 Å². The van der Waals surface area contributed by atoms with E-state index in [4.69, 9.17) is 26.1 Å². The third-order valence-corrected chi connectivity index (χ3v) is 13.8. The SMILES string of the molecule is CCC(=O)COc1cc2cc(Nc3nc(N4CCC(OC5CC(N6CCN(c7cc(C)c8c(c7F)C(=O)N(C7CCC(=O)NC7=O)C8=O)CC6)C5)CC4)ncc3Cl)ccc2n(C(C)C)c1=O. The predicted molar refractivity (Wildman–Crippen MR) is 244 cm³/mol. The smallest absolute Gasteiger partial charge is 0.293 e. The molecule has 0 radical (unpaired) electrons. The number of pyridine rings is 1. The number of Topliss-reactive ketones (excluding diaryl/α,β-unsaturated/α-hetero) is 1. The molecule has 4 fully saturated rings. The molecule has 348 valence electrons. The molecule has 5 aliphatic rings. The molecule has 1 saturated carbocycles. The summed E-state index contributed by atoms with van der Waals surface area (Å²) in [7, 11) is 0. The summed E-state index contributed by atoms with van der Waals surface area (Å²) in [6, 6.07) is 7.95. The average Bonchev–Trinajstić information content (AvgIpc) is 3.55. The van der Waals surface area contributed by atoms with Crippen LogP contribution in [-0.2, 0) is 19.1 Å². The van der Waals surface area contributed by atoms with Crippen molar-refractivity contribution in [3.63, 3.8) is 0 Å². The molecule has 2 N–H and O–H groups in total. The minimum atomic E-state index is -1.16. The summed E-state index contributed by atoms with van der Waals surface area (Å²) >= 11 is 6.60. The van der Waals surface area contributed by atoms with E-state index >= 15 is 4.39 Å². The van der Waals surface area contributed by atoms with Crippen molar-refractivity contribution in [2.45, 2.75) is 103 Å². The highest BCUT2D eigenvalue weighted by Gasteiger charge is 2.48. The van der Waals surface area contributed by atoms with Crippen molar-refractivity contribution in [2.24, 2.45) is 0 Å². The second-order valence-corrected chi connectivity index (χ2v) is 18.4. The number of piperidine rings is 2. The Kier molecular flexibility index (Phi) is 12.6. The Bertz CT molecular complexity index is 2690. The van der Waals surface area contributed by atoms with Crippen LogP contribution in [0.1, 0.15) is 98.0 Å². The lowest BCUT2D eigenvalue weighted by Gasteiger charge is -2.47. The molecule has 2 aromatic carbocycles. The van der Waals surface area contributed by atoms with Gasteiger partial charge in [-0.25, -0.2) is 9.37 Å². The molecule has 4 aromatic rings. The fourth-order valence-electron chi connectivity index (χ4n) is 9.78. The van der Waals surface area contributed by atoms with E-state index in [1.165, 1.54) is 0 Å². The van der Waals surface area contributed by atoms with Gasteiger partial charge in [0.05, 0.1) is 40.7 Å². The number of aromatic nitrogens is 3. The van der Waals surface area contributed by atoms with Crippen molar-refractivity contribution in [1.82, 2.24) is 29.7 Å². The number of ketones is 1. The zero-order valence-electron chi connectivity index (χ0n) is 37.4. The Morgan fingerprint density at radius 2 is 1.67 bits per heavy atom. The molecular formula is C47H53ClFN9O8. The summed E-state index contributed by atoms with van der Waals surface area (Å²) in [6.07, 6.45) is 5.61. The summed E-state index contributed by atoms with van der Waals surface area (Å²) < 4.78 is 30.1. The fourth-order valence-corrected chi connectivity index (χ4v) is 9.91. The van der Waals surface area contributed by atoms with Crippen LogP contribution in [0.2, 0.25) is 5.02 Å². The highest BCUT2D eigenvalue weighted by Crippen LogP contribution is 2.38. The number of benzene rings is 2. The highest BCUT2D eigenvalue weighted by molar-refractivity contribution is 6.33. The summed E-state index contributed by atoms with van der Waals surface area (Å²) in [4.78, 5) is 92.9. The molecule has 1 atom stereocenters. The molecule has 1 unspecified atom stereocenters. The van der Waals surface area contributed by atoms with Gasteiger partial charge >= 0.3 is 0 Å². The number of amides is 4. The van der Waals surface area contributed by atoms with Gasteiger partial charge < -0.3 is 29.2 Å². The van der Waals surface area contributed by atoms with Crippen molar-refractivity contribution in [3.8, 4) is 5.75 Å². The van der Waals surface area contributed by atoms with E-state index in [9.17, 15) is 28.8 Å². The van der Waals surface area contributed by atoms with Gasteiger partial charge in [0.1, 0.15) is 17.7 Å². The Balaban J connectivity index is 0.759. The number of hydrogen-bond acceptors (Lipinski definition) is 14. The van der Waals surface area contributed by atoms with Crippen molar-refractivity contribution < 1.29 is 37.8 Å². The molecule has 1 aliphatic carbocycles. The van der Waals surface area contributed by atoms with Crippen LogP contribution >= 0.6 is 11.6 Å². The summed E-state index contributed by atoms with van der Waals surface area (Å²) in [5.74, 6) is -2.50. The van der Waals surface area contributed by atoms with E-state index in [2.05, 4.69) is 25.4 Å². The molecule has 6 heterocycles. The zero-order chi connectivity index (χ0) is 46.6. The standard InChI is InChI=1S/C47H53ClFN9O8/c1-5-30(59)24-65-37-20-27-19-28(6-7-34(27)57(25(2)3)44(37)62)51-42-33(48)23-50-47(53-42)56-12-10-31(11-13-56)66-32-21-29(22-32)54-14-16-55(17-15-54)36-18-26(4)39-40(41(36)49)46(64)58(45(39)63)35-8-9-38(60)52-43(35)61/h6-7,18-20,23,25,29,31-32,35H,5,8-17,21-22,24H2,1-4H3,(H,50,51,53)(H,52,60,61). The van der Waals surface area contributed by atoms with Gasteiger partial charge in [0.2, 0.25) is 17.8 Å². The molecule has 0 bridgehead atoms. The minimum absolute atomic E-state index is 0.00405. The largest absolute Gasteiger partial charge is 0.480 e. The van der Waals surface area contributed by atoms with E-state index in [1.807, 2.05) is 36.9 Å². The predicted octanol–water partition coefficient (Wildman–Crippen LogP) is 5.31. The number of carbonyl (C=O) groups is 5. The molecule has 2 aromatic heterocycles. The second kappa shape index (κ2) is 18.4. The van der Waals surface area contributed by atoms with E-state index in [1.54, 1.807) is 36.7 Å². The van der Waals surface area contributed by atoms with Gasteiger partial charge in [-0.3, -0.25) is 43.9 Å². The maximum absolute atomic E-state index is 16.2. The van der Waals surface area contributed by atoms with Crippen LogP contribution in [0.15, 0.2) is 41.3 Å². The number of anilines is 4. The summed E-state index contributed by atoms with van der Waals surface area (Å²) in [5, 5.41) is 6.61. The van der Waals surface area contributed by atoms with Crippen LogP contribution in [-0.4, -0.2) is 124 Å². The van der Waals surface area contributed by atoms with E-state index < -0.39 is 35.5 Å². The van der Waals surface area contributed by atoms with Crippen molar-refractivity contribution in [2.75, 3.05) is 61.0 Å². The number of halogens is 2. The Morgan fingerprint density at radius 1 is 0.939 bits per heavy atom. The van der Waals surface area contributed by atoms with Crippen LogP contribution in [0, 0.1) is 12.7 Å². The topological polar surface area (TPSA) is 189 Å². The number of ether oxygens (including phenoxy) is 2. The van der Waals surface area contributed by atoms with E-state index in [0.717, 1.165) is 41.5 Å². The molecule has 66 heavy (non-hydrogen) atoms. The number of hydrogen-bond donors (Lipinski definition) is 2. The number of aryl methyl sites for hydroxylation is 1. The number of fused-ring (bicyclic) bond motifs is 2. The molecule has 19 heteroatoms. The first-order valence-electron chi connectivity index (χ1n) is 22.8. The first-order chi connectivity index (χ1) is 31.7. The third-order valence-electron chi connectivity index (χ3n) is 13.5. The molecule has 17 nitrogen and oxygen atoms in total. The van der Waals surface area contributed by atoms with Gasteiger partial charge in [-0.1, -0.05) is 18.5 Å². The van der Waals surface area contributed by atoms with Crippen molar-refractivity contribution >= 4 is 75.1 Å². The monoisotopic (exact) mass is 925 g/mol. The molecule has 0 spiro atoms. The molecule has 4 aliphatic heterocycles. The molecular weight excluding hydrogens is 873 g/mol. The summed E-state index contributed by atoms with van der Waals surface area (Å²) in [5.41, 5.74) is 1.54. The number of imide groups is 2. The Hall–Kier alpha value is -5.98. The van der Waals surface area contributed by atoms with Crippen LogP contribution in [0.4, 0.5) is 27.5 Å². The number of nitrogens with one attached hydrogen (secondary N) is 2. The van der Waals surface area contributed by atoms with Gasteiger partial charge in [-0.05, 0) is 88.8 Å². The van der Waals surface area contributed by atoms with E-state index in [-0.39, 0.29) is 71.6 Å². The lowest BCUT2D eigenvalue weighted by molar-refractivity contribution is -0.136. The molecule has 3 saturated heterocycles. The average molecular weight is 926 g/mol. The van der Waals surface area contributed by atoms with Crippen molar-refractivity contribution in [1.29, 1.82) is 0 Å². The van der Waals surface area contributed by atoms with Gasteiger partial charge in [0.15, 0.2) is 23.2 Å². The van der Waals surface area contributed by atoms with Gasteiger partial charge in [-0.15, -0.1) is 0 Å². The Labute approximate surface area is 385 Å². The lowest BCUT2D eigenvalue weighted by atomic mass is 9.87. The molecule has 4 amide bonds. The molecule has 9 rings (SSSR count). The maximum atomic E-state index is 16.2. The van der Waals surface area contributed by atoms with Crippen LogP contribution < -0.4 is 30.7 Å². The van der Waals surface area contributed by atoms with E-state index in [0.29, 0.717) is 79.8 Å². The fraction of sp³-hybridized carbons (Fsp3) is 0.489. The maximum Gasteiger partial charge on any atom is 0.293 e. The number of rotatable bonds is 13. The third kappa shape index (κ3) is 8.61. The minimum Gasteiger partial charge on any atom is -0.480 e. The first-order valence-corrected chi connectivity index (χ1v) is 23.1. The van der Waals surface area contributed by atoms with Gasteiger partial charge in [0, 0.05) is 75.3 Å². The van der Waals surface area contributed by atoms with Gasteiger partial charge in [0.25, 0.3) is 17.4 Å².